The summed E-state index contributed by atoms with van der Waals surface area (Å²) in [5.41, 5.74) is 1.20. The number of rotatable bonds is 6. The first kappa shape index (κ1) is 23.5. The molecule has 3 rings (SSSR count). The summed E-state index contributed by atoms with van der Waals surface area (Å²) in [5, 5.41) is 2.84. The number of methoxy groups -OCH3 is 1. The molecule has 2 aromatic rings. The van der Waals surface area contributed by atoms with Crippen LogP contribution in [-0.2, 0) is 4.74 Å². The fourth-order valence-corrected chi connectivity index (χ4v) is 3.86. The van der Waals surface area contributed by atoms with Crippen LogP contribution in [0.5, 0.6) is 5.75 Å². The zero-order valence-electron chi connectivity index (χ0n) is 18.4. The SMILES string of the molecule is CCOC(=O)N1CCN(C(=O)c2ccccc2NC(=O)c2ccc(SC)cc2OC)CC1. The highest BCUT2D eigenvalue weighted by Gasteiger charge is 2.27. The molecule has 1 saturated heterocycles. The third-order valence-electron chi connectivity index (χ3n) is 5.15. The van der Waals surface area contributed by atoms with E-state index in [9.17, 15) is 14.4 Å². The van der Waals surface area contributed by atoms with E-state index in [1.165, 1.54) is 7.11 Å². The molecular weight excluding hydrogens is 430 g/mol. The summed E-state index contributed by atoms with van der Waals surface area (Å²) < 4.78 is 10.4. The minimum Gasteiger partial charge on any atom is -0.496 e. The number of benzene rings is 2. The average Bonchev–Trinajstić information content (AvgIpc) is 2.83. The molecule has 0 atom stereocenters. The Morgan fingerprint density at radius 3 is 2.34 bits per heavy atom. The highest BCUT2D eigenvalue weighted by molar-refractivity contribution is 7.98. The van der Waals surface area contributed by atoms with E-state index in [1.54, 1.807) is 64.9 Å². The van der Waals surface area contributed by atoms with Crippen molar-refractivity contribution in [1.29, 1.82) is 0 Å². The van der Waals surface area contributed by atoms with Crippen LogP contribution in [0.25, 0.3) is 0 Å². The van der Waals surface area contributed by atoms with Gasteiger partial charge in [0.25, 0.3) is 11.8 Å². The van der Waals surface area contributed by atoms with Crippen LogP contribution in [0.1, 0.15) is 27.6 Å². The minimum atomic E-state index is -0.367. The van der Waals surface area contributed by atoms with Gasteiger partial charge in [0.15, 0.2) is 0 Å². The van der Waals surface area contributed by atoms with Gasteiger partial charge in [-0.3, -0.25) is 9.59 Å². The predicted molar refractivity (Wildman–Crippen MR) is 124 cm³/mol. The normalized spacial score (nSPS) is 13.5. The van der Waals surface area contributed by atoms with E-state index in [2.05, 4.69) is 5.32 Å². The first-order chi connectivity index (χ1) is 15.5. The Kier molecular flexibility index (Phi) is 7.99. The maximum absolute atomic E-state index is 13.2. The number of nitrogens with zero attached hydrogens (tertiary/aromatic N) is 2. The molecule has 32 heavy (non-hydrogen) atoms. The summed E-state index contributed by atoms with van der Waals surface area (Å²) in [5.74, 6) is -0.0933. The fourth-order valence-electron chi connectivity index (χ4n) is 3.43. The van der Waals surface area contributed by atoms with Gasteiger partial charge in [-0.2, -0.15) is 0 Å². The Balaban J connectivity index is 1.73. The highest BCUT2D eigenvalue weighted by Crippen LogP contribution is 2.27. The molecule has 9 heteroatoms. The Labute approximate surface area is 191 Å². The van der Waals surface area contributed by atoms with Gasteiger partial charge in [-0.05, 0) is 43.5 Å². The number of anilines is 1. The van der Waals surface area contributed by atoms with Crippen molar-refractivity contribution in [1.82, 2.24) is 9.80 Å². The van der Waals surface area contributed by atoms with Gasteiger partial charge >= 0.3 is 6.09 Å². The molecule has 2 aromatic carbocycles. The van der Waals surface area contributed by atoms with Gasteiger partial charge < -0.3 is 24.6 Å². The summed E-state index contributed by atoms with van der Waals surface area (Å²) in [7, 11) is 1.52. The van der Waals surface area contributed by atoms with Crippen molar-refractivity contribution in [3.8, 4) is 5.75 Å². The smallest absolute Gasteiger partial charge is 0.409 e. The zero-order valence-corrected chi connectivity index (χ0v) is 19.2. The second-order valence-electron chi connectivity index (χ2n) is 7.04. The first-order valence-electron chi connectivity index (χ1n) is 10.3. The lowest BCUT2D eigenvalue weighted by atomic mass is 10.1. The van der Waals surface area contributed by atoms with E-state index < -0.39 is 0 Å². The molecular formula is C23H27N3O5S. The van der Waals surface area contributed by atoms with Crippen molar-refractivity contribution in [2.24, 2.45) is 0 Å². The maximum atomic E-state index is 13.2. The van der Waals surface area contributed by atoms with Crippen LogP contribution in [0, 0.1) is 0 Å². The second-order valence-corrected chi connectivity index (χ2v) is 7.92. The molecule has 0 aromatic heterocycles. The van der Waals surface area contributed by atoms with Gasteiger partial charge in [0.1, 0.15) is 5.75 Å². The number of carbonyl (C=O) groups excluding carboxylic acids is 3. The molecule has 0 unspecified atom stereocenters. The minimum absolute atomic E-state index is 0.200. The van der Waals surface area contributed by atoms with E-state index in [-0.39, 0.29) is 17.9 Å². The first-order valence-corrected chi connectivity index (χ1v) is 11.5. The summed E-state index contributed by atoms with van der Waals surface area (Å²) in [6.07, 6.45) is 1.58. The fraction of sp³-hybridized carbons (Fsp3) is 0.348. The number of carbonyl (C=O) groups is 3. The van der Waals surface area contributed by atoms with Crippen molar-refractivity contribution in [2.75, 3.05) is 51.5 Å². The van der Waals surface area contributed by atoms with E-state index in [0.717, 1.165) is 4.90 Å². The molecule has 0 radical (unpaired) electrons. The number of hydrogen-bond acceptors (Lipinski definition) is 6. The number of piperazine rings is 1. The lowest BCUT2D eigenvalue weighted by Gasteiger charge is -2.34. The molecule has 8 nitrogen and oxygen atoms in total. The molecule has 0 saturated carbocycles. The molecule has 1 aliphatic heterocycles. The molecule has 0 bridgehead atoms. The monoisotopic (exact) mass is 457 g/mol. The van der Waals surface area contributed by atoms with E-state index in [4.69, 9.17) is 9.47 Å². The van der Waals surface area contributed by atoms with Crippen molar-refractivity contribution < 1.29 is 23.9 Å². The lowest BCUT2D eigenvalue weighted by Crippen LogP contribution is -2.50. The molecule has 1 N–H and O–H groups in total. The van der Waals surface area contributed by atoms with Crippen molar-refractivity contribution in [3.63, 3.8) is 0 Å². The van der Waals surface area contributed by atoms with Crippen LogP contribution < -0.4 is 10.1 Å². The Hall–Kier alpha value is -3.20. The molecule has 0 spiro atoms. The third kappa shape index (κ3) is 5.34. The van der Waals surface area contributed by atoms with Gasteiger partial charge in [-0.25, -0.2) is 4.79 Å². The van der Waals surface area contributed by atoms with Gasteiger partial charge in [0.05, 0.1) is 30.5 Å². The van der Waals surface area contributed by atoms with Gasteiger partial charge in [0, 0.05) is 31.1 Å². The van der Waals surface area contributed by atoms with Crippen molar-refractivity contribution in [3.05, 3.63) is 53.6 Å². The highest BCUT2D eigenvalue weighted by atomic mass is 32.2. The van der Waals surface area contributed by atoms with Gasteiger partial charge in [0.2, 0.25) is 0 Å². The van der Waals surface area contributed by atoms with Crippen LogP contribution in [0.15, 0.2) is 47.4 Å². The molecule has 170 valence electrons. The molecule has 0 aliphatic carbocycles. The van der Waals surface area contributed by atoms with Crippen LogP contribution in [0.4, 0.5) is 10.5 Å². The van der Waals surface area contributed by atoms with E-state index >= 15 is 0 Å². The predicted octanol–water partition coefficient (Wildman–Crippen LogP) is 3.58. The number of amides is 3. The number of nitrogens with one attached hydrogen (secondary N) is 1. The second kappa shape index (κ2) is 10.9. The third-order valence-corrected chi connectivity index (χ3v) is 5.88. The molecule has 1 aliphatic rings. The van der Waals surface area contributed by atoms with Crippen molar-refractivity contribution in [2.45, 2.75) is 11.8 Å². The van der Waals surface area contributed by atoms with E-state index in [1.807, 2.05) is 12.3 Å². The molecule has 1 fully saturated rings. The quantitative estimate of drug-likeness (QED) is 0.667. The number of para-hydroxylation sites is 1. The maximum Gasteiger partial charge on any atom is 0.409 e. The number of hydrogen-bond donors (Lipinski definition) is 1. The average molecular weight is 458 g/mol. The summed E-state index contributed by atoms with van der Waals surface area (Å²) in [4.78, 5) is 42.2. The summed E-state index contributed by atoms with van der Waals surface area (Å²) >= 11 is 1.56. The Morgan fingerprint density at radius 1 is 1.00 bits per heavy atom. The van der Waals surface area contributed by atoms with E-state index in [0.29, 0.717) is 55.3 Å². The summed E-state index contributed by atoms with van der Waals surface area (Å²) in [6, 6.07) is 12.3. The van der Waals surface area contributed by atoms with Crippen LogP contribution in [0.3, 0.4) is 0 Å². The number of ether oxygens (including phenoxy) is 2. The summed E-state index contributed by atoms with van der Waals surface area (Å²) in [6.45, 7) is 3.66. The Morgan fingerprint density at radius 2 is 1.69 bits per heavy atom. The van der Waals surface area contributed by atoms with Crippen LogP contribution in [-0.4, -0.2) is 73.9 Å². The van der Waals surface area contributed by atoms with Gasteiger partial charge in [-0.15, -0.1) is 11.8 Å². The molecule has 1 heterocycles. The van der Waals surface area contributed by atoms with Crippen molar-refractivity contribution >= 4 is 35.4 Å². The van der Waals surface area contributed by atoms with Crippen LogP contribution in [0.2, 0.25) is 0 Å². The lowest BCUT2D eigenvalue weighted by molar-refractivity contribution is 0.0571. The largest absolute Gasteiger partial charge is 0.496 e. The standard InChI is InChI=1S/C23H27N3O5S/c1-4-31-23(29)26-13-11-25(12-14-26)22(28)17-7-5-6-8-19(17)24-21(27)18-10-9-16(32-3)15-20(18)30-2/h5-10,15H,4,11-14H2,1-3H3,(H,24,27). The molecule has 3 amide bonds. The van der Waals surface area contributed by atoms with Crippen LogP contribution >= 0.6 is 11.8 Å². The van der Waals surface area contributed by atoms with Gasteiger partial charge in [-0.1, -0.05) is 12.1 Å². The Bertz CT molecular complexity index is 989. The number of thioether (sulfide) groups is 1. The topological polar surface area (TPSA) is 88.2 Å². The zero-order chi connectivity index (χ0) is 23.1.